The predicted octanol–water partition coefficient (Wildman–Crippen LogP) is 3.08. The number of hydrogen-bond donors (Lipinski definition) is 2. The van der Waals surface area contributed by atoms with E-state index in [1.807, 2.05) is 35.2 Å². The normalized spacial score (nSPS) is 20.9. The Morgan fingerprint density at radius 2 is 2.00 bits per heavy atom. The maximum Gasteiger partial charge on any atom is 0.273 e. The van der Waals surface area contributed by atoms with Crippen molar-refractivity contribution in [1.29, 1.82) is 0 Å². The Kier molecular flexibility index (Phi) is 5.84. The summed E-state index contributed by atoms with van der Waals surface area (Å²) in [6.45, 7) is 5.68. The molecule has 0 aliphatic carbocycles. The largest absolute Gasteiger partial charge is 0.332 e. The highest BCUT2D eigenvalue weighted by atomic mass is 79.9. The summed E-state index contributed by atoms with van der Waals surface area (Å²) in [5.74, 6) is -0.0117. The van der Waals surface area contributed by atoms with Crippen molar-refractivity contribution in [1.82, 2.24) is 20.4 Å². The summed E-state index contributed by atoms with van der Waals surface area (Å²) < 4.78 is 0.724. The number of carbonyl (C=O) groups excluding carboxylic acids is 1. The Balaban J connectivity index is 0.00000192. The number of hydrogen-bond acceptors (Lipinski definition) is 3. The van der Waals surface area contributed by atoms with Crippen molar-refractivity contribution >= 4 is 34.2 Å². The maximum absolute atomic E-state index is 12.8. The van der Waals surface area contributed by atoms with Gasteiger partial charge in [0.15, 0.2) is 0 Å². The van der Waals surface area contributed by atoms with Gasteiger partial charge in [-0.2, -0.15) is 5.10 Å². The van der Waals surface area contributed by atoms with Gasteiger partial charge in [0.25, 0.3) is 5.91 Å². The van der Waals surface area contributed by atoms with Crippen molar-refractivity contribution in [3.63, 3.8) is 0 Å². The summed E-state index contributed by atoms with van der Waals surface area (Å²) in [4.78, 5) is 14.7. The number of H-pyrrole nitrogens is 1. The van der Waals surface area contributed by atoms with Crippen LogP contribution in [0.5, 0.6) is 0 Å². The number of aromatic amines is 1. The van der Waals surface area contributed by atoms with Crippen LogP contribution in [0.25, 0.3) is 11.3 Å². The molecule has 1 aromatic carbocycles. The van der Waals surface area contributed by atoms with Crippen molar-refractivity contribution in [2.45, 2.75) is 25.9 Å². The van der Waals surface area contributed by atoms with Crippen LogP contribution in [0.15, 0.2) is 34.8 Å². The van der Waals surface area contributed by atoms with E-state index < -0.39 is 0 Å². The third-order valence-electron chi connectivity index (χ3n) is 4.26. The minimum Gasteiger partial charge on any atom is -0.332 e. The fourth-order valence-electron chi connectivity index (χ4n) is 2.74. The van der Waals surface area contributed by atoms with Gasteiger partial charge >= 0.3 is 0 Å². The summed E-state index contributed by atoms with van der Waals surface area (Å²) in [5, 5.41) is 10.6. The number of aromatic nitrogens is 2. The van der Waals surface area contributed by atoms with Gasteiger partial charge in [0.05, 0.1) is 4.47 Å². The van der Waals surface area contributed by atoms with Gasteiger partial charge in [-0.15, -0.1) is 12.4 Å². The number of halogens is 2. The topological polar surface area (TPSA) is 61.0 Å². The Morgan fingerprint density at radius 3 is 2.70 bits per heavy atom. The maximum atomic E-state index is 12.8. The molecule has 0 bridgehead atoms. The first-order chi connectivity index (χ1) is 10.6. The van der Waals surface area contributed by atoms with Crippen LogP contribution in [0.1, 0.15) is 24.3 Å². The van der Waals surface area contributed by atoms with Crippen molar-refractivity contribution in [3.8, 4) is 11.3 Å². The van der Waals surface area contributed by atoms with Gasteiger partial charge in [-0.1, -0.05) is 30.3 Å². The predicted molar refractivity (Wildman–Crippen MR) is 96.9 cm³/mol. The van der Waals surface area contributed by atoms with Crippen LogP contribution in [-0.4, -0.2) is 46.2 Å². The first-order valence-corrected chi connectivity index (χ1v) is 8.22. The zero-order valence-corrected chi connectivity index (χ0v) is 15.4. The molecule has 1 aliphatic rings. The number of nitrogens with zero attached hydrogens (tertiary/aromatic N) is 2. The van der Waals surface area contributed by atoms with E-state index in [0.29, 0.717) is 12.2 Å². The first kappa shape index (κ1) is 18.0. The molecule has 2 atom stereocenters. The highest BCUT2D eigenvalue weighted by Crippen LogP contribution is 2.30. The van der Waals surface area contributed by atoms with Gasteiger partial charge in [0.2, 0.25) is 0 Å². The number of rotatable bonds is 2. The lowest BCUT2D eigenvalue weighted by Gasteiger charge is -2.38. The number of amides is 1. The summed E-state index contributed by atoms with van der Waals surface area (Å²) >= 11 is 3.53. The molecule has 124 valence electrons. The molecular formula is C16H20BrClN4O. The molecule has 7 heteroatoms. The Labute approximate surface area is 150 Å². The second kappa shape index (κ2) is 7.47. The minimum absolute atomic E-state index is 0. The summed E-state index contributed by atoms with van der Waals surface area (Å²) in [6.07, 6.45) is 0. The summed E-state index contributed by atoms with van der Waals surface area (Å²) in [7, 11) is 0. The SMILES string of the molecule is CC1NCCN(C(=O)c2[nH]nc(-c3ccccc3)c2Br)C1C.Cl. The van der Waals surface area contributed by atoms with Gasteiger partial charge < -0.3 is 10.2 Å². The number of benzene rings is 1. The molecule has 0 saturated carbocycles. The molecule has 23 heavy (non-hydrogen) atoms. The van der Waals surface area contributed by atoms with Gasteiger partial charge in [-0.05, 0) is 29.8 Å². The third kappa shape index (κ3) is 3.44. The lowest BCUT2D eigenvalue weighted by molar-refractivity contribution is 0.0596. The van der Waals surface area contributed by atoms with E-state index in [9.17, 15) is 4.79 Å². The number of nitrogens with one attached hydrogen (secondary N) is 2. The van der Waals surface area contributed by atoms with Gasteiger partial charge in [-0.3, -0.25) is 9.89 Å². The van der Waals surface area contributed by atoms with Crippen LogP contribution in [0.3, 0.4) is 0 Å². The van der Waals surface area contributed by atoms with Gasteiger partial charge in [0, 0.05) is 30.7 Å². The van der Waals surface area contributed by atoms with Crippen LogP contribution < -0.4 is 5.32 Å². The zero-order valence-electron chi connectivity index (χ0n) is 13.0. The van der Waals surface area contributed by atoms with Crippen molar-refractivity contribution in [3.05, 3.63) is 40.5 Å². The second-order valence-electron chi connectivity index (χ2n) is 5.61. The molecule has 2 N–H and O–H groups in total. The molecule has 1 fully saturated rings. The molecule has 0 spiro atoms. The van der Waals surface area contributed by atoms with Crippen LogP contribution in [0.4, 0.5) is 0 Å². The molecule has 1 saturated heterocycles. The van der Waals surface area contributed by atoms with Crippen LogP contribution in [0, 0.1) is 0 Å². The van der Waals surface area contributed by atoms with E-state index in [2.05, 4.69) is 45.3 Å². The summed E-state index contributed by atoms with van der Waals surface area (Å²) in [5.41, 5.74) is 2.26. The average molecular weight is 400 g/mol. The molecule has 3 rings (SSSR count). The number of carbonyl (C=O) groups is 1. The fraction of sp³-hybridized carbons (Fsp3) is 0.375. The highest BCUT2D eigenvalue weighted by molar-refractivity contribution is 9.10. The quantitative estimate of drug-likeness (QED) is 0.816. The Morgan fingerprint density at radius 1 is 1.30 bits per heavy atom. The van der Waals surface area contributed by atoms with Crippen molar-refractivity contribution in [2.24, 2.45) is 0 Å². The van der Waals surface area contributed by atoms with Crippen LogP contribution >= 0.6 is 28.3 Å². The standard InChI is InChI=1S/C16H19BrN4O.ClH/c1-10-11(2)21(9-8-18-10)16(22)15-13(17)14(19-20-15)12-6-4-3-5-7-12;/h3-7,10-11,18H,8-9H2,1-2H3,(H,19,20);1H. The monoisotopic (exact) mass is 398 g/mol. The van der Waals surface area contributed by atoms with Crippen molar-refractivity contribution < 1.29 is 4.79 Å². The van der Waals surface area contributed by atoms with E-state index in [1.54, 1.807) is 0 Å². The lowest BCUT2D eigenvalue weighted by atomic mass is 10.1. The minimum atomic E-state index is -0.0117. The summed E-state index contributed by atoms with van der Waals surface area (Å²) in [6, 6.07) is 10.3. The average Bonchev–Trinajstić information content (AvgIpc) is 2.92. The molecule has 1 aromatic heterocycles. The van der Waals surface area contributed by atoms with Gasteiger partial charge in [0.1, 0.15) is 11.4 Å². The highest BCUT2D eigenvalue weighted by Gasteiger charge is 2.31. The molecule has 1 aliphatic heterocycles. The fourth-order valence-corrected chi connectivity index (χ4v) is 3.32. The second-order valence-corrected chi connectivity index (χ2v) is 6.40. The Bertz CT molecular complexity index is 676. The molecule has 2 aromatic rings. The van der Waals surface area contributed by atoms with E-state index in [4.69, 9.17) is 0 Å². The molecule has 2 unspecified atom stereocenters. The lowest BCUT2D eigenvalue weighted by Crippen LogP contribution is -2.57. The first-order valence-electron chi connectivity index (χ1n) is 7.43. The number of piperazine rings is 1. The van der Waals surface area contributed by atoms with Crippen molar-refractivity contribution in [2.75, 3.05) is 13.1 Å². The molecular weight excluding hydrogens is 380 g/mol. The van der Waals surface area contributed by atoms with E-state index in [1.165, 1.54) is 0 Å². The third-order valence-corrected chi connectivity index (χ3v) is 5.04. The van der Waals surface area contributed by atoms with Crippen LogP contribution in [0.2, 0.25) is 0 Å². The zero-order chi connectivity index (χ0) is 15.7. The van der Waals surface area contributed by atoms with E-state index in [-0.39, 0.29) is 30.4 Å². The molecule has 5 nitrogen and oxygen atoms in total. The van der Waals surface area contributed by atoms with E-state index in [0.717, 1.165) is 22.3 Å². The van der Waals surface area contributed by atoms with E-state index >= 15 is 0 Å². The molecule has 2 heterocycles. The smallest absolute Gasteiger partial charge is 0.273 e. The Hall–Kier alpha value is -1.37. The molecule has 0 radical (unpaired) electrons. The molecule has 1 amide bonds. The van der Waals surface area contributed by atoms with Gasteiger partial charge in [-0.25, -0.2) is 0 Å². The van der Waals surface area contributed by atoms with Crippen LogP contribution in [-0.2, 0) is 0 Å².